The molecular formula is C10H20N2. The Morgan fingerprint density at radius 2 is 1.83 bits per heavy atom. The number of hydrogen-bond donors (Lipinski definition) is 1. The van der Waals surface area contributed by atoms with Crippen LogP contribution in [0.15, 0.2) is 0 Å². The van der Waals surface area contributed by atoms with Crippen LogP contribution in [-0.2, 0) is 0 Å². The smallest absolute Gasteiger partial charge is 0.104 e. The fourth-order valence-electron chi connectivity index (χ4n) is 1.59. The Balaban J connectivity index is 4.17. The first-order valence-electron chi connectivity index (χ1n) is 4.58. The van der Waals surface area contributed by atoms with Gasteiger partial charge in [-0.3, -0.25) is 5.32 Å². The van der Waals surface area contributed by atoms with Gasteiger partial charge in [-0.1, -0.05) is 13.8 Å². The Labute approximate surface area is 76.0 Å². The van der Waals surface area contributed by atoms with Crippen molar-refractivity contribution in [3.8, 4) is 6.07 Å². The lowest BCUT2D eigenvalue weighted by Crippen LogP contribution is -2.45. The molecule has 0 bridgehead atoms. The lowest BCUT2D eigenvalue weighted by Gasteiger charge is -2.27. The van der Waals surface area contributed by atoms with Gasteiger partial charge < -0.3 is 0 Å². The van der Waals surface area contributed by atoms with Crippen molar-refractivity contribution in [2.24, 2.45) is 5.92 Å². The molecule has 12 heavy (non-hydrogen) atoms. The van der Waals surface area contributed by atoms with Crippen LogP contribution in [0.3, 0.4) is 0 Å². The predicted molar refractivity (Wildman–Crippen MR) is 51.7 cm³/mol. The third-order valence-electron chi connectivity index (χ3n) is 1.67. The molecule has 0 aromatic carbocycles. The molecule has 1 atom stereocenters. The van der Waals surface area contributed by atoms with Gasteiger partial charge >= 0.3 is 0 Å². The van der Waals surface area contributed by atoms with Gasteiger partial charge in [-0.15, -0.1) is 0 Å². The Kier molecular flexibility index (Phi) is 4.26. The van der Waals surface area contributed by atoms with E-state index < -0.39 is 0 Å². The highest BCUT2D eigenvalue weighted by molar-refractivity contribution is 5.04. The van der Waals surface area contributed by atoms with Crippen molar-refractivity contribution in [3.63, 3.8) is 0 Å². The summed E-state index contributed by atoms with van der Waals surface area (Å²) in [7, 11) is 0. The van der Waals surface area contributed by atoms with Gasteiger partial charge in [0.15, 0.2) is 0 Å². The second-order valence-electron chi connectivity index (χ2n) is 4.34. The number of nitrogens with zero attached hydrogens (tertiary/aromatic N) is 1. The summed E-state index contributed by atoms with van der Waals surface area (Å²) in [6, 6.07) is 2.70. The Bertz CT molecular complexity index is 155. The molecule has 0 aromatic rings. The lowest BCUT2D eigenvalue weighted by molar-refractivity contribution is 0.340. The molecule has 0 spiro atoms. The van der Waals surface area contributed by atoms with Gasteiger partial charge in [-0.25, -0.2) is 0 Å². The third kappa shape index (κ3) is 4.35. The number of nitriles is 1. The molecule has 0 aliphatic heterocycles. The quantitative estimate of drug-likeness (QED) is 0.699. The van der Waals surface area contributed by atoms with Crippen LogP contribution >= 0.6 is 0 Å². The summed E-state index contributed by atoms with van der Waals surface area (Å²) in [6.45, 7) is 10.4. The fraction of sp³-hybridized carbons (Fsp3) is 0.900. The fourth-order valence-corrected chi connectivity index (χ4v) is 1.59. The first kappa shape index (κ1) is 11.4. The molecule has 2 heteroatoms. The maximum atomic E-state index is 8.97. The first-order valence-corrected chi connectivity index (χ1v) is 4.58. The second-order valence-corrected chi connectivity index (χ2v) is 4.34. The summed E-state index contributed by atoms with van der Waals surface area (Å²) < 4.78 is 0. The van der Waals surface area contributed by atoms with Crippen LogP contribution in [0.1, 0.15) is 41.0 Å². The van der Waals surface area contributed by atoms with Gasteiger partial charge in [0.25, 0.3) is 0 Å². The van der Waals surface area contributed by atoms with Crippen molar-refractivity contribution in [1.82, 2.24) is 5.32 Å². The minimum atomic E-state index is -0.359. The molecule has 0 radical (unpaired) electrons. The molecule has 0 saturated carbocycles. The molecule has 0 amide bonds. The molecule has 0 aliphatic rings. The zero-order valence-electron chi connectivity index (χ0n) is 8.81. The van der Waals surface area contributed by atoms with E-state index in [4.69, 9.17) is 5.26 Å². The zero-order chi connectivity index (χ0) is 9.78. The van der Waals surface area contributed by atoms with Crippen molar-refractivity contribution in [2.45, 2.75) is 52.6 Å². The zero-order valence-corrected chi connectivity index (χ0v) is 8.81. The van der Waals surface area contributed by atoms with E-state index >= 15 is 0 Å². The molecule has 1 unspecified atom stereocenters. The molecule has 0 fully saturated rings. The van der Waals surface area contributed by atoms with Crippen LogP contribution in [-0.4, -0.2) is 11.6 Å². The molecule has 70 valence electrons. The van der Waals surface area contributed by atoms with E-state index in [0.29, 0.717) is 12.0 Å². The van der Waals surface area contributed by atoms with Gasteiger partial charge in [0.05, 0.1) is 6.07 Å². The van der Waals surface area contributed by atoms with Crippen LogP contribution in [0.4, 0.5) is 0 Å². The van der Waals surface area contributed by atoms with E-state index in [1.165, 1.54) is 0 Å². The van der Waals surface area contributed by atoms with Crippen LogP contribution in [0.25, 0.3) is 0 Å². The predicted octanol–water partition coefficient (Wildman–Crippen LogP) is 2.31. The van der Waals surface area contributed by atoms with E-state index in [-0.39, 0.29) is 5.54 Å². The average Bonchev–Trinajstić information content (AvgIpc) is 1.83. The summed E-state index contributed by atoms with van der Waals surface area (Å²) >= 11 is 0. The van der Waals surface area contributed by atoms with Crippen LogP contribution in [0, 0.1) is 17.2 Å². The normalized spacial score (nSPS) is 16.2. The maximum Gasteiger partial charge on any atom is 0.104 e. The highest BCUT2D eigenvalue weighted by atomic mass is 15.0. The second kappa shape index (κ2) is 4.47. The molecule has 0 heterocycles. The summed E-state index contributed by atoms with van der Waals surface area (Å²) in [6.07, 6.45) is 0.904. The molecule has 0 saturated heterocycles. The highest BCUT2D eigenvalue weighted by Gasteiger charge is 2.24. The lowest BCUT2D eigenvalue weighted by atomic mass is 9.91. The summed E-state index contributed by atoms with van der Waals surface area (Å²) in [4.78, 5) is 0. The van der Waals surface area contributed by atoms with Crippen molar-refractivity contribution in [1.29, 1.82) is 5.26 Å². The first-order chi connectivity index (χ1) is 5.39. The van der Waals surface area contributed by atoms with E-state index in [9.17, 15) is 0 Å². The standard InChI is InChI=1S/C10H20N2/c1-8(2)6-10(5,7-11)12-9(3)4/h8-9,12H,6H2,1-5H3. The van der Waals surface area contributed by atoms with Gasteiger partial charge in [0.1, 0.15) is 5.54 Å². The van der Waals surface area contributed by atoms with Crippen molar-refractivity contribution >= 4 is 0 Å². The molecule has 0 rings (SSSR count). The van der Waals surface area contributed by atoms with Crippen LogP contribution in [0.2, 0.25) is 0 Å². The Morgan fingerprint density at radius 1 is 1.33 bits per heavy atom. The van der Waals surface area contributed by atoms with Gasteiger partial charge in [0.2, 0.25) is 0 Å². The van der Waals surface area contributed by atoms with Crippen molar-refractivity contribution < 1.29 is 0 Å². The van der Waals surface area contributed by atoms with Gasteiger partial charge in [0, 0.05) is 6.04 Å². The van der Waals surface area contributed by atoms with E-state index in [1.807, 2.05) is 6.92 Å². The van der Waals surface area contributed by atoms with E-state index in [0.717, 1.165) is 6.42 Å². The maximum absolute atomic E-state index is 8.97. The third-order valence-corrected chi connectivity index (χ3v) is 1.67. The summed E-state index contributed by atoms with van der Waals surface area (Å²) in [5.74, 6) is 0.556. The molecule has 0 aliphatic carbocycles. The highest BCUT2D eigenvalue weighted by Crippen LogP contribution is 2.15. The minimum absolute atomic E-state index is 0.359. The minimum Gasteiger partial charge on any atom is -0.297 e. The summed E-state index contributed by atoms with van der Waals surface area (Å²) in [5.41, 5.74) is -0.359. The largest absolute Gasteiger partial charge is 0.297 e. The van der Waals surface area contributed by atoms with E-state index in [2.05, 4.69) is 39.1 Å². The van der Waals surface area contributed by atoms with Crippen LogP contribution < -0.4 is 5.32 Å². The SMILES string of the molecule is CC(C)CC(C)(C#N)NC(C)C. The Hall–Kier alpha value is -0.550. The van der Waals surface area contributed by atoms with Crippen molar-refractivity contribution in [2.75, 3.05) is 0 Å². The number of rotatable bonds is 4. The topological polar surface area (TPSA) is 35.8 Å². The molecular weight excluding hydrogens is 148 g/mol. The average molecular weight is 168 g/mol. The van der Waals surface area contributed by atoms with Crippen LogP contribution in [0.5, 0.6) is 0 Å². The van der Waals surface area contributed by atoms with Crippen molar-refractivity contribution in [3.05, 3.63) is 0 Å². The molecule has 1 N–H and O–H groups in total. The van der Waals surface area contributed by atoms with E-state index in [1.54, 1.807) is 0 Å². The molecule has 0 aromatic heterocycles. The monoisotopic (exact) mass is 168 g/mol. The Morgan fingerprint density at radius 3 is 2.08 bits per heavy atom. The van der Waals surface area contributed by atoms with Gasteiger partial charge in [-0.2, -0.15) is 5.26 Å². The molecule has 2 nitrogen and oxygen atoms in total. The van der Waals surface area contributed by atoms with Gasteiger partial charge in [-0.05, 0) is 33.1 Å². The summed E-state index contributed by atoms with van der Waals surface area (Å²) in [5, 5.41) is 12.2. The number of nitrogens with one attached hydrogen (secondary N) is 1. The number of hydrogen-bond acceptors (Lipinski definition) is 2.